The first-order valence-electron chi connectivity index (χ1n) is 22.6. The Morgan fingerprint density at radius 1 is 0.409 bits per heavy atom. The van der Waals surface area contributed by atoms with E-state index in [1.54, 1.807) is 6.07 Å². The van der Waals surface area contributed by atoms with Crippen LogP contribution >= 0.6 is 0 Å². The van der Waals surface area contributed by atoms with Crippen LogP contribution in [0.4, 0.5) is 0 Å². The van der Waals surface area contributed by atoms with E-state index in [-0.39, 0.29) is 44.2 Å². The zero-order chi connectivity index (χ0) is 46.4. The molecule has 4 heterocycles. The number of hydrogen-bond donors (Lipinski definition) is 8. The second-order valence-corrected chi connectivity index (χ2v) is 15.8. The van der Waals surface area contributed by atoms with Gasteiger partial charge in [-0.1, -0.05) is 48.5 Å². The van der Waals surface area contributed by atoms with Crippen LogP contribution in [0.5, 0.6) is 23.0 Å². The molecular formula is C44H60B4N4O14. The van der Waals surface area contributed by atoms with Crippen LogP contribution in [0.2, 0.25) is 0 Å². The molecule has 0 bridgehead atoms. The van der Waals surface area contributed by atoms with Gasteiger partial charge in [0.2, 0.25) is 0 Å². The predicted molar refractivity (Wildman–Crippen MR) is 250 cm³/mol. The SMILES string of the molecule is NCC1OB(O)c2c(OCCCO)cccc21.NCC1OB(O)c2c(OCCCOB3OC(CN)c4cccc(OCCCOB5OC(CN)c6cccc(OCCCO)c65)c43)cccc21. The lowest BCUT2D eigenvalue weighted by molar-refractivity contribution is 0.154. The molecule has 4 aliphatic heterocycles. The Bertz CT molecular complexity index is 2170. The van der Waals surface area contributed by atoms with Crippen molar-refractivity contribution in [2.45, 2.75) is 50.1 Å². The summed E-state index contributed by atoms with van der Waals surface area (Å²) < 4.78 is 59.1. The number of aliphatic hydroxyl groups excluding tert-OH is 2. The number of fused-ring (bicyclic) bond motifs is 4. The van der Waals surface area contributed by atoms with Gasteiger partial charge in [-0.05, 0) is 46.5 Å². The molecule has 4 aliphatic rings. The van der Waals surface area contributed by atoms with E-state index in [2.05, 4.69) is 0 Å². The van der Waals surface area contributed by atoms with Crippen LogP contribution in [-0.2, 0) is 27.9 Å². The molecule has 4 unspecified atom stereocenters. The Labute approximate surface area is 386 Å². The number of hydrogen-bond acceptors (Lipinski definition) is 18. The number of aliphatic hydroxyl groups is 2. The van der Waals surface area contributed by atoms with E-state index in [4.69, 9.17) is 80.0 Å². The summed E-state index contributed by atoms with van der Waals surface area (Å²) in [6.07, 6.45) is 1.04. The van der Waals surface area contributed by atoms with E-state index >= 15 is 0 Å². The van der Waals surface area contributed by atoms with E-state index in [1.807, 2.05) is 66.7 Å². The minimum Gasteiger partial charge on any atom is -0.494 e. The molecule has 66 heavy (non-hydrogen) atoms. The van der Waals surface area contributed by atoms with Gasteiger partial charge in [0, 0.05) is 100 Å². The van der Waals surface area contributed by atoms with E-state index in [1.165, 1.54) is 0 Å². The standard InChI is InChI=1S/C33H44B3N3O10.C11H16BNO4/c37-19-28-22-7-1-10-25(31(22)34(41)47-28)43-15-5-17-45-36-33-24(30(21-39)49-36)9-3-12-27(33)44-16-6-18-46-35-32-23(29(20-38)48-35)8-2-11-26(32)42-14-4-13-40;13-7-10-8-3-1-4-9(16-6-2-5-14)11(8)12(15)17-10/h1-3,7-12,28-30,40-41H,4-6,13-21,37-39H2;1,3-4,10,14-15H,2,5-7,13H2. The van der Waals surface area contributed by atoms with Crippen molar-refractivity contribution in [1.82, 2.24) is 0 Å². The lowest BCUT2D eigenvalue weighted by Gasteiger charge is -2.15. The summed E-state index contributed by atoms with van der Waals surface area (Å²) in [5.41, 5.74) is 29.9. The molecular weight excluding hydrogens is 852 g/mol. The zero-order valence-corrected chi connectivity index (χ0v) is 37.0. The normalized spacial score (nSPS) is 19.0. The number of benzene rings is 4. The van der Waals surface area contributed by atoms with E-state index in [0.29, 0.717) is 119 Å². The van der Waals surface area contributed by atoms with Crippen LogP contribution in [0.15, 0.2) is 72.8 Å². The first-order valence-corrected chi connectivity index (χ1v) is 22.6. The van der Waals surface area contributed by atoms with E-state index in [9.17, 15) is 10.0 Å². The third-order valence-electron chi connectivity index (χ3n) is 11.5. The molecule has 0 saturated carbocycles. The molecule has 18 nitrogen and oxygen atoms in total. The van der Waals surface area contributed by atoms with Crippen LogP contribution in [0.3, 0.4) is 0 Å². The van der Waals surface area contributed by atoms with E-state index in [0.717, 1.165) is 33.2 Å². The van der Waals surface area contributed by atoms with Crippen molar-refractivity contribution in [2.75, 3.05) is 79.0 Å². The van der Waals surface area contributed by atoms with Crippen LogP contribution in [0.1, 0.15) is 72.4 Å². The van der Waals surface area contributed by atoms with Crippen molar-refractivity contribution in [3.63, 3.8) is 0 Å². The van der Waals surface area contributed by atoms with Crippen LogP contribution in [0, 0.1) is 0 Å². The highest BCUT2D eigenvalue weighted by molar-refractivity contribution is 6.65. The zero-order valence-electron chi connectivity index (χ0n) is 37.0. The third kappa shape index (κ3) is 11.5. The molecule has 0 aliphatic carbocycles. The van der Waals surface area contributed by atoms with Crippen molar-refractivity contribution in [3.05, 3.63) is 95.1 Å². The fraction of sp³-hybridized carbons (Fsp3) is 0.455. The number of rotatable bonds is 24. The Hall–Kier alpha value is -4.22. The molecule has 22 heteroatoms. The summed E-state index contributed by atoms with van der Waals surface area (Å²) in [5, 5.41) is 38.0. The second kappa shape index (κ2) is 24.7. The molecule has 352 valence electrons. The summed E-state index contributed by atoms with van der Waals surface area (Å²) in [6, 6.07) is 22.6. The number of nitrogens with two attached hydrogens (primary N) is 4. The van der Waals surface area contributed by atoms with Gasteiger partial charge in [-0.15, -0.1) is 0 Å². The molecule has 0 radical (unpaired) electrons. The highest BCUT2D eigenvalue weighted by Crippen LogP contribution is 2.31. The molecule has 0 amide bonds. The Kier molecular flexibility index (Phi) is 18.6. The fourth-order valence-corrected chi connectivity index (χ4v) is 8.41. The maximum absolute atomic E-state index is 10.4. The average molecular weight is 912 g/mol. The molecule has 4 aromatic carbocycles. The van der Waals surface area contributed by atoms with Crippen molar-refractivity contribution >= 4 is 50.3 Å². The number of ether oxygens (including phenoxy) is 4. The van der Waals surface area contributed by atoms with Gasteiger partial charge in [0.1, 0.15) is 23.0 Å². The van der Waals surface area contributed by atoms with Crippen LogP contribution in [-0.4, -0.2) is 128 Å². The van der Waals surface area contributed by atoms with E-state index < -0.39 is 28.5 Å². The van der Waals surface area contributed by atoms with Crippen molar-refractivity contribution < 1.29 is 67.1 Å². The van der Waals surface area contributed by atoms with Gasteiger partial charge in [0.25, 0.3) is 0 Å². The van der Waals surface area contributed by atoms with Crippen molar-refractivity contribution in [2.24, 2.45) is 22.9 Å². The third-order valence-corrected chi connectivity index (χ3v) is 11.5. The van der Waals surface area contributed by atoms with Gasteiger partial charge < -0.3 is 90.1 Å². The summed E-state index contributed by atoms with van der Waals surface area (Å²) in [6.45, 7) is 3.66. The van der Waals surface area contributed by atoms with Crippen LogP contribution in [0.25, 0.3) is 0 Å². The van der Waals surface area contributed by atoms with Gasteiger partial charge in [0.15, 0.2) is 0 Å². The first-order chi connectivity index (χ1) is 32.3. The Morgan fingerprint density at radius 3 is 1.05 bits per heavy atom. The first kappa shape index (κ1) is 49.7. The largest absolute Gasteiger partial charge is 0.498 e. The Balaban J connectivity index is 0.000000319. The van der Waals surface area contributed by atoms with Gasteiger partial charge in [-0.25, -0.2) is 0 Å². The second-order valence-electron chi connectivity index (χ2n) is 15.8. The topological polar surface area (TPSA) is 277 Å². The van der Waals surface area contributed by atoms with Crippen molar-refractivity contribution in [3.8, 4) is 23.0 Å². The molecule has 4 atom stereocenters. The van der Waals surface area contributed by atoms with Gasteiger partial charge >= 0.3 is 28.5 Å². The van der Waals surface area contributed by atoms with Gasteiger partial charge in [-0.2, -0.15) is 0 Å². The summed E-state index contributed by atoms with van der Waals surface area (Å²) >= 11 is 0. The molecule has 12 N–H and O–H groups in total. The average Bonchev–Trinajstić information content (AvgIpc) is 4.09. The highest BCUT2D eigenvalue weighted by Gasteiger charge is 2.42. The fourth-order valence-electron chi connectivity index (χ4n) is 8.41. The lowest BCUT2D eigenvalue weighted by atomic mass is 9.77. The molecule has 0 spiro atoms. The summed E-state index contributed by atoms with van der Waals surface area (Å²) in [5.74, 6) is 2.51. The molecule has 0 aromatic heterocycles. The van der Waals surface area contributed by atoms with Crippen molar-refractivity contribution in [1.29, 1.82) is 0 Å². The summed E-state index contributed by atoms with van der Waals surface area (Å²) in [7, 11) is -3.30. The minimum absolute atomic E-state index is 0.0535. The predicted octanol–water partition coefficient (Wildman–Crippen LogP) is -1.25. The minimum atomic E-state index is -1.07. The Morgan fingerprint density at radius 2 is 0.712 bits per heavy atom. The van der Waals surface area contributed by atoms with Gasteiger partial charge in [0.05, 0.1) is 50.8 Å². The molecule has 4 aromatic rings. The van der Waals surface area contributed by atoms with Crippen LogP contribution < -0.4 is 63.7 Å². The summed E-state index contributed by atoms with van der Waals surface area (Å²) in [4.78, 5) is 0. The highest BCUT2D eigenvalue weighted by atomic mass is 16.6. The smallest absolute Gasteiger partial charge is 0.494 e. The monoisotopic (exact) mass is 912 g/mol. The lowest BCUT2D eigenvalue weighted by Crippen LogP contribution is -2.35. The molecule has 0 saturated heterocycles. The maximum Gasteiger partial charge on any atom is 0.498 e. The van der Waals surface area contributed by atoms with Gasteiger partial charge in [-0.3, -0.25) is 0 Å². The quantitative estimate of drug-likeness (QED) is 0.0301. The molecule has 8 rings (SSSR count). The maximum atomic E-state index is 10.4. The molecule has 0 fully saturated rings.